The monoisotopic (exact) mass is 318 g/mol. The lowest BCUT2D eigenvalue weighted by molar-refractivity contribution is 0.0586. The number of benzene rings is 1. The third-order valence-electron chi connectivity index (χ3n) is 4.40. The van der Waals surface area contributed by atoms with Crippen LogP contribution in [0.5, 0.6) is 0 Å². The van der Waals surface area contributed by atoms with E-state index in [9.17, 15) is 4.79 Å². The minimum atomic E-state index is -0.262. The van der Waals surface area contributed by atoms with Gasteiger partial charge in [0.15, 0.2) is 0 Å². The van der Waals surface area contributed by atoms with E-state index in [1.54, 1.807) is 11.9 Å². The molecule has 4 nitrogen and oxygen atoms in total. The maximum absolute atomic E-state index is 12.3. The van der Waals surface area contributed by atoms with Crippen molar-refractivity contribution in [2.24, 2.45) is 5.92 Å². The lowest BCUT2D eigenvalue weighted by Gasteiger charge is -2.23. The number of aromatic nitrogens is 1. The molecule has 0 radical (unpaired) electrons. The normalized spacial score (nSPS) is 17.4. The first-order valence-corrected chi connectivity index (χ1v) is 8.70. The van der Waals surface area contributed by atoms with Crippen molar-refractivity contribution in [2.75, 3.05) is 17.6 Å². The molecule has 0 spiro atoms. The molecule has 0 fully saturated rings. The molecule has 1 aliphatic rings. The largest absolute Gasteiger partial charge is 0.464 e. The molecule has 1 atom stereocenters. The van der Waals surface area contributed by atoms with Crippen LogP contribution in [0.25, 0.3) is 10.9 Å². The minimum Gasteiger partial charge on any atom is -0.464 e. The molecule has 0 amide bonds. The third-order valence-corrected chi connectivity index (χ3v) is 5.27. The maximum atomic E-state index is 12.3. The summed E-state index contributed by atoms with van der Waals surface area (Å²) in [4.78, 5) is 12.3. The highest BCUT2D eigenvalue weighted by Gasteiger charge is 2.29. The summed E-state index contributed by atoms with van der Waals surface area (Å²) >= 11 is 1.71. The predicted molar refractivity (Wildman–Crippen MR) is 92.6 cm³/mol. The van der Waals surface area contributed by atoms with Crippen molar-refractivity contribution in [1.29, 1.82) is 0 Å². The zero-order valence-corrected chi connectivity index (χ0v) is 14.3. The van der Waals surface area contributed by atoms with Crippen LogP contribution in [0.1, 0.15) is 42.9 Å². The van der Waals surface area contributed by atoms with Gasteiger partial charge in [-0.3, -0.25) is 0 Å². The van der Waals surface area contributed by atoms with Crippen LogP contribution in [-0.2, 0) is 11.2 Å². The average molecular weight is 318 g/mol. The molecule has 5 heteroatoms. The first-order chi connectivity index (χ1) is 10.6. The number of carbonyl (C=O) groups is 1. The Bertz CT molecular complexity index is 721. The van der Waals surface area contributed by atoms with E-state index in [0.29, 0.717) is 11.6 Å². The molecule has 118 valence electrons. The molecule has 0 saturated heterocycles. The van der Waals surface area contributed by atoms with Gasteiger partial charge in [-0.2, -0.15) is 0 Å². The Labute approximate surface area is 135 Å². The van der Waals surface area contributed by atoms with Crippen LogP contribution >= 0.6 is 11.9 Å². The number of anilines is 1. The molecule has 1 unspecified atom stereocenters. The standard InChI is InChI=1S/C17H22N2O2S/c1-5-11-6-7-13-16-12(11)8-14(17(20)21-4)19(16)15(10(2)3)9-22-18-13/h6-8,10,15,18H,5,9H2,1-4H3. The fourth-order valence-corrected chi connectivity index (χ4v) is 4.27. The summed E-state index contributed by atoms with van der Waals surface area (Å²) in [5, 5.41) is 1.15. The Morgan fingerprint density at radius 3 is 2.91 bits per heavy atom. The van der Waals surface area contributed by atoms with Crippen molar-refractivity contribution in [1.82, 2.24) is 4.57 Å². The van der Waals surface area contributed by atoms with Gasteiger partial charge in [0.2, 0.25) is 0 Å². The van der Waals surface area contributed by atoms with Crippen LogP contribution in [0, 0.1) is 5.92 Å². The van der Waals surface area contributed by atoms with Crippen molar-refractivity contribution in [3.63, 3.8) is 0 Å². The van der Waals surface area contributed by atoms with Gasteiger partial charge < -0.3 is 14.0 Å². The molecular formula is C17H22N2O2S. The number of aryl methyl sites for hydroxylation is 1. The van der Waals surface area contributed by atoms with E-state index in [4.69, 9.17) is 4.74 Å². The summed E-state index contributed by atoms with van der Waals surface area (Å²) in [6.45, 7) is 6.55. The van der Waals surface area contributed by atoms with Gasteiger partial charge in [0.05, 0.1) is 18.3 Å². The van der Waals surface area contributed by atoms with Crippen molar-refractivity contribution >= 4 is 34.5 Å². The predicted octanol–water partition coefficient (Wildman–Crippen LogP) is 4.26. The first-order valence-electron chi connectivity index (χ1n) is 7.71. The third kappa shape index (κ3) is 2.28. The van der Waals surface area contributed by atoms with Gasteiger partial charge in [0, 0.05) is 17.2 Å². The Kier molecular flexibility index (Phi) is 4.08. The van der Waals surface area contributed by atoms with Crippen LogP contribution in [-0.4, -0.2) is 23.4 Å². The molecule has 2 heterocycles. The minimum absolute atomic E-state index is 0.262. The van der Waals surface area contributed by atoms with E-state index in [-0.39, 0.29) is 12.0 Å². The number of nitrogens with one attached hydrogen (secondary N) is 1. The highest BCUT2D eigenvalue weighted by Crippen LogP contribution is 2.40. The van der Waals surface area contributed by atoms with Gasteiger partial charge in [-0.15, -0.1) is 0 Å². The van der Waals surface area contributed by atoms with Gasteiger partial charge in [-0.1, -0.05) is 38.8 Å². The van der Waals surface area contributed by atoms with E-state index in [2.05, 4.69) is 42.2 Å². The zero-order chi connectivity index (χ0) is 15.9. The van der Waals surface area contributed by atoms with Crippen LogP contribution in [0.2, 0.25) is 0 Å². The quantitative estimate of drug-likeness (QED) is 0.678. The molecule has 0 bridgehead atoms. The highest BCUT2D eigenvalue weighted by molar-refractivity contribution is 8.00. The number of hydrogen-bond donors (Lipinski definition) is 1. The Balaban J connectivity index is 2.38. The number of nitrogens with zero attached hydrogens (tertiary/aromatic N) is 1. The molecule has 1 N–H and O–H groups in total. The molecule has 0 saturated carbocycles. The van der Waals surface area contributed by atoms with Gasteiger partial charge in [0.25, 0.3) is 0 Å². The number of hydrogen-bond acceptors (Lipinski definition) is 4. The Hall–Kier alpha value is -1.62. The summed E-state index contributed by atoms with van der Waals surface area (Å²) in [7, 11) is 1.45. The number of ether oxygens (including phenoxy) is 1. The van der Waals surface area contributed by atoms with E-state index >= 15 is 0 Å². The smallest absolute Gasteiger partial charge is 0.354 e. The van der Waals surface area contributed by atoms with Crippen LogP contribution in [0.3, 0.4) is 0 Å². The fraction of sp³-hybridized carbons (Fsp3) is 0.471. The molecular weight excluding hydrogens is 296 g/mol. The number of esters is 1. The van der Waals surface area contributed by atoms with Gasteiger partial charge in [0.1, 0.15) is 5.69 Å². The fourth-order valence-electron chi connectivity index (χ4n) is 3.16. The van der Waals surface area contributed by atoms with Crippen LogP contribution < -0.4 is 4.72 Å². The molecule has 2 aromatic rings. The van der Waals surface area contributed by atoms with Gasteiger partial charge in [-0.05, 0) is 30.0 Å². The molecule has 1 aromatic carbocycles. The lowest BCUT2D eigenvalue weighted by atomic mass is 10.0. The Morgan fingerprint density at radius 1 is 1.50 bits per heavy atom. The summed E-state index contributed by atoms with van der Waals surface area (Å²) in [5.41, 5.74) is 4.13. The second-order valence-electron chi connectivity index (χ2n) is 6.00. The van der Waals surface area contributed by atoms with E-state index in [1.807, 2.05) is 6.07 Å². The van der Waals surface area contributed by atoms with E-state index in [0.717, 1.165) is 28.8 Å². The summed E-state index contributed by atoms with van der Waals surface area (Å²) in [6.07, 6.45) is 0.945. The van der Waals surface area contributed by atoms with Crippen molar-refractivity contribution in [3.8, 4) is 0 Å². The van der Waals surface area contributed by atoms with E-state index in [1.165, 1.54) is 12.7 Å². The Morgan fingerprint density at radius 2 is 2.27 bits per heavy atom. The van der Waals surface area contributed by atoms with Gasteiger partial charge >= 0.3 is 5.97 Å². The van der Waals surface area contributed by atoms with Crippen LogP contribution in [0.4, 0.5) is 5.69 Å². The molecule has 22 heavy (non-hydrogen) atoms. The van der Waals surface area contributed by atoms with Crippen molar-refractivity contribution < 1.29 is 9.53 Å². The van der Waals surface area contributed by atoms with E-state index < -0.39 is 0 Å². The number of carbonyl (C=O) groups excluding carboxylic acids is 1. The highest BCUT2D eigenvalue weighted by atomic mass is 32.2. The topological polar surface area (TPSA) is 43.3 Å². The van der Waals surface area contributed by atoms with Crippen molar-refractivity contribution in [2.45, 2.75) is 33.2 Å². The average Bonchev–Trinajstić information content (AvgIpc) is 2.79. The van der Waals surface area contributed by atoms with Gasteiger partial charge in [-0.25, -0.2) is 4.79 Å². The zero-order valence-electron chi connectivity index (χ0n) is 13.5. The summed E-state index contributed by atoms with van der Waals surface area (Å²) in [6, 6.07) is 6.52. The second-order valence-corrected chi connectivity index (χ2v) is 6.83. The molecule has 0 aliphatic carbocycles. The number of rotatable bonds is 3. The first kappa shape index (κ1) is 15.3. The SMILES string of the molecule is CCc1ccc2c3c1cc(C(=O)OC)n3C(C(C)C)CSN2. The molecule has 1 aromatic heterocycles. The second kappa shape index (κ2) is 5.88. The molecule has 1 aliphatic heterocycles. The summed E-state index contributed by atoms with van der Waals surface area (Å²) < 4.78 is 10.7. The van der Waals surface area contributed by atoms with Crippen LogP contribution in [0.15, 0.2) is 18.2 Å². The van der Waals surface area contributed by atoms with Crippen molar-refractivity contribution in [3.05, 3.63) is 29.5 Å². The number of methoxy groups -OCH3 is 1. The summed E-state index contributed by atoms with van der Waals surface area (Å²) in [5.74, 6) is 1.09. The maximum Gasteiger partial charge on any atom is 0.354 e. The lowest BCUT2D eigenvalue weighted by Crippen LogP contribution is -2.21. The molecule has 3 rings (SSSR count).